The summed E-state index contributed by atoms with van der Waals surface area (Å²) >= 11 is 0. The van der Waals surface area contributed by atoms with Crippen molar-refractivity contribution in [2.75, 3.05) is 13.1 Å². The van der Waals surface area contributed by atoms with Gasteiger partial charge in [0.25, 0.3) is 0 Å². The zero-order chi connectivity index (χ0) is 10.8. The fourth-order valence-corrected chi connectivity index (χ4v) is 1.39. The van der Waals surface area contributed by atoms with Crippen molar-refractivity contribution in [1.82, 2.24) is 25.0 Å². The molecule has 1 saturated heterocycles. The van der Waals surface area contributed by atoms with Crippen LogP contribution in [0.4, 0.5) is 0 Å². The third-order valence-corrected chi connectivity index (χ3v) is 2.26. The number of piperazine rings is 1. The van der Waals surface area contributed by atoms with E-state index in [-0.39, 0.29) is 31.4 Å². The lowest BCUT2D eigenvalue weighted by atomic mass is 10.3. The first-order valence-electron chi connectivity index (χ1n) is 4.55. The molecule has 7 heteroatoms. The monoisotopic (exact) mass is 209 g/mol. The van der Waals surface area contributed by atoms with E-state index in [2.05, 4.69) is 15.4 Å². The minimum absolute atomic E-state index is 0.190. The third-order valence-electron chi connectivity index (χ3n) is 2.26. The highest BCUT2D eigenvalue weighted by atomic mass is 16.2. The van der Waals surface area contributed by atoms with Crippen molar-refractivity contribution in [3.63, 3.8) is 0 Å². The SMILES string of the molecule is Cn1ncnc1CN1C(=O)CNCC1=O. The zero-order valence-electron chi connectivity index (χ0n) is 8.30. The topological polar surface area (TPSA) is 80.1 Å². The summed E-state index contributed by atoms with van der Waals surface area (Å²) in [5.74, 6) is 0.141. The largest absolute Gasteiger partial charge is 0.300 e. The molecule has 0 radical (unpaired) electrons. The van der Waals surface area contributed by atoms with Gasteiger partial charge in [-0.1, -0.05) is 0 Å². The molecule has 1 aromatic heterocycles. The van der Waals surface area contributed by atoms with Crippen molar-refractivity contribution in [1.29, 1.82) is 0 Å². The maximum Gasteiger partial charge on any atom is 0.243 e. The molecule has 15 heavy (non-hydrogen) atoms. The van der Waals surface area contributed by atoms with Gasteiger partial charge in [-0.25, -0.2) is 4.98 Å². The molecule has 2 rings (SSSR count). The quantitative estimate of drug-likeness (QED) is 0.586. The van der Waals surface area contributed by atoms with Gasteiger partial charge in [-0.15, -0.1) is 0 Å². The highest BCUT2D eigenvalue weighted by molar-refractivity contribution is 5.99. The van der Waals surface area contributed by atoms with Crippen LogP contribution in [0.3, 0.4) is 0 Å². The van der Waals surface area contributed by atoms with Crippen molar-refractivity contribution >= 4 is 11.8 Å². The lowest BCUT2D eigenvalue weighted by molar-refractivity contribution is -0.147. The zero-order valence-corrected chi connectivity index (χ0v) is 8.30. The van der Waals surface area contributed by atoms with Gasteiger partial charge in [0.2, 0.25) is 11.8 Å². The van der Waals surface area contributed by atoms with Crippen molar-refractivity contribution in [2.24, 2.45) is 7.05 Å². The summed E-state index contributed by atoms with van der Waals surface area (Å²) in [6.07, 6.45) is 1.40. The van der Waals surface area contributed by atoms with Gasteiger partial charge in [0.15, 0.2) is 0 Å². The van der Waals surface area contributed by atoms with Crippen LogP contribution in [0, 0.1) is 0 Å². The van der Waals surface area contributed by atoms with Gasteiger partial charge in [0.1, 0.15) is 12.2 Å². The molecular weight excluding hydrogens is 198 g/mol. The number of hydrogen-bond acceptors (Lipinski definition) is 5. The van der Waals surface area contributed by atoms with Crippen LogP contribution in [0.15, 0.2) is 6.33 Å². The van der Waals surface area contributed by atoms with Crippen LogP contribution >= 0.6 is 0 Å². The van der Waals surface area contributed by atoms with Gasteiger partial charge < -0.3 is 0 Å². The average molecular weight is 209 g/mol. The number of rotatable bonds is 2. The summed E-state index contributed by atoms with van der Waals surface area (Å²) in [4.78, 5) is 28.0. The van der Waals surface area contributed by atoms with Gasteiger partial charge >= 0.3 is 0 Å². The number of aromatic nitrogens is 3. The molecule has 2 amide bonds. The van der Waals surface area contributed by atoms with Crippen molar-refractivity contribution in [3.8, 4) is 0 Å². The molecule has 2 heterocycles. The number of carbonyl (C=O) groups is 2. The number of nitrogens with zero attached hydrogens (tertiary/aromatic N) is 4. The summed E-state index contributed by atoms with van der Waals surface area (Å²) in [7, 11) is 1.72. The molecule has 1 aliphatic heterocycles. The second-order valence-corrected chi connectivity index (χ2v) is 3.28. The second-order valence-electron chi connectivity index (χ2n) is 3.28. The van der Waals surface area contributed by atoms with Gasteiger partial charge in [-0.3, -0.25) is 24.5 Å². The third kappa shape index (κ3) is 1.86. The minimum Gasteiger partial charge on any atom is -0.300 e. The molecule has 0 unspecified atom stereocenters. The van der Waals surface area contributed by atoms with Crippen LogP contribution in [0.5, 0.6) is 0 Å². The highest BCUT2D eigenvalue weighted by Crippen LogP contribution is 2.03. The molecule has 1 aromatic rings. The Morgan fingerprint density at radius 3 is 2.60 bits per heavy atom. The molecule has 0 spiro atoms. The molecule has 7 nitrogen and oxygen atoms in total. The predicted octanol–water partition coefficient (Wildman–Crippen LogP) is -1.73. The van der Waals surface area contributed by atoms with Crippen LogP contribution in [-0.4, -0.2) is 44.6 Å². The van der Waals surface area contributed by atoms with Gasteiger partial charge in [0.05, 0.1) is 19.6 Å². The Bertz CT molecular complexity index is 383. The Balaban J connectivity index is 2.13. The second kappa shape index (κ2) is 3.77. The minimum atomic E-state index is -0.228. The Kier molecular flexibility index (Phi) is 2.46. The maximum absolute atomic E-state index is 11.4. The highest BCUT2D eigenvalue weighted by Gasteiger charge is 2.26. The molecule has 0 aliphatic carbocycles. The summed E-state index contributed by atoms with van der Waals surface area (Å²) in [6, 6.07) is 0. The molecule has 1 aliphatic rings. The number of amides is 2. The smallest absolute Gasteiger partial charge is 0.243 e. The lowest BCUT2D eigenvalue weighted by Crippen LogP contribution is -2.51. The Morgan fingerprint density at radius 2 is 2.07 bits per heavy atom. The standard InChI is InChI=1S/C8H11N5O2/c1-12-6(10-5-11-12)4-13-7(14)2-9-3-8(13)15/h5,9H,2-4H2,1H3. The van der Waals surface area contributed by atoms with E-state index in [0.29, 0.717) is 5.82 Å². The number of imide groups is 1. The molecular formula is C8H11N5O2. The van der Waals surface area contributed by atoms with Crippen molar-refractivity contribution < 1.29 is 9.59 Å². The lowest BCUT2D eigenvalue weighted by Gasteiger charge is -2.24. The van der Waals surface area contributed by atoms with E-state index in [0.717, 1.165) is 0 Å². The molecule has 1 N–H and O–H groups in total. The van der Waals surface area contributed by atoms with Crippen LogP contribution in [0.2, 0.25) is 0 Å². The number of carbonyl (C=O) groups excluding carboxylic acids is 2. The van der Waals surface area contributed by atoms with E-state index in [1.807, 2.05) is 0 Å². The van der Waals surface area contributed by atoms with E-state index < -0.39 is 0 Å². The summed E-state index contributed by atoms with van der Waals surface area (Å²) in [6.45, 7) is 0.586. The van der Waals surface area contributed by atoms with Gasteiger partial charge in [0, 0.05) is 7.05 Å². The summed E-state index contributed by atoms with van der Waals surface area (Å²) in [5.41, 5.74) is 0. The van der Waals surface area contributed by atoms with Crippen LogP contribution in [0.25, 0.3) is 0 Å². The molecule has 0 atom stereocenters. The van der Waals surface area contributed by atoms with E-state index in [9.17, 15) is 9.59 Å². The summed E-state index contributed by atoms with van der Waals surface area (Å²) < 4.78 is 1.54. The first-order valence-corrected chi connectivity index (χ1v) is 4.55. The predicted molar refractivity (Wildman–Crippen MR) is 49.4 cm³/mol. The van der Waals surface area contributed by atoms with Crippen LogP contribution in [-0.2, 0) is 23.2 Å². The van der Waals surface area contributed by atoms with E-state index in [1.54, 1.807) is 11.7 Å². The Morgan fingerprint density at radius 1 is 1.40 bits per heavy atom. The Labute approximate surface area is 86.1 Å². The van der Waals surface area contributed by atoms with E-state index in [4.69, 9.17) is 0 Å². The fourth-order valence-electron chi connectivity index (χ4n) is 1.39. The van der Waals surface area contributed by atoms with Crippen molar-refractivity contribution in [3.05, 3.63) is 12.2 Å². The number of nitrogens with one attached hydrogen (secondary N) is 1. The maximum atomic E-state index is 11.4. The normalized spacial score (nSPS) is 17.3. The first kappa shape index (κ1) is 9.78. The average Bonchev–Trinajstić information content (AvgIpc) is 2.58. The van der Waals surface area contributed by atoms with Gasteiger partial charge in [-0.05, 0) is 0 Å². The molecule has 1 fully saturated rings. The fraction of sp³-hybridized carbons (Fsp3) is 0.500. The molecule has 0 saturated carbocycles. The summed E-state index contributed by atoms with van der Waals surface area (Å²) in [5, 5.41) is 6.60. The molecule has 80 valence electrons. The Hall–Kier alpha value is -1.76. The number of hydrogen-bond donors (Lipinski definition) is 1. The van der Waals surface area contributed by atoms with Crippen molar-refractivity contribution in [2.45, 2.75) is 6.54 Å². The first-order chi connectivity index (χ1) is 7.18. The van der Waals surface area contributed by atoms with Crippen LogP contribution in [0.1, 0.15) is 5.82 Å². The number of aryl methyl sites for hydroxylation is 1. The van der Waals surface area contributed by atoms with E-state index >= 15 is 0 Å². The molecule has 0 bridgehead atoms. The van der Waals surface area contributed by atoms with E-state index in [1.165, 1.54) is 11.2 Å². The van der Waals surface area contributed by atoms with Crippen LogP contribution < -0.4 is 5.32 Å². The van der Waals surface area contributed by atoms with Gasteiger partial charge in [-0.2, -0.15) is 5.10 Å². The molecule has 0 aromatic carbocycles.